The molecule has 0 bridgehead atoms. The lowest BCUT2D eigenvalue weighted by Crippen LogP contribution is -2.41. The average molecular weight is 284 g/mol. The molecular formula is C18H24N2O. The molecule has 0 spiro atoms. The van der Waals surface area contributed by atoms with Crippen LogP contribution < -0.4 is 5.32 Å². The number of amides is 1. The maximum absolute atomic E-state index is 12.1. The van der Waals surface area contributed by atoms with Crippen molar-refractivity contribution in [3.05, 3.63) is 35.5 Å². The summed E-state index contributed by atoms with van der Waals surface area (Å²) in [6.07, 6.45) is 3.31. The Balaban J connectivity index is 1.82. The number of fused-ring (bicyclic) bond motifs is 1. The first-order valence-electron chi connectivity index (χ1n) is 7.84. The fourth-order valence-corrected chi connectivity index (χ4v) is 3.36. The van der Waals surface area contributed by atoms with Crippen LogP contribution in [0.2, 0.25) is 0 Å². The number of carbonyl (C=O) groups is 1. The van der Waals surface area contributed by atoms with E-state index in [1.165, 1.54) is 28.6 Å². The Morgan fingerprint density at radius 1 is 1.33 bits per heavy atom. The predicted molar refractivity (Wildman–Crippen MR) is 86.4 cm³/mol. The van der Waals surface area contributed by atoms with Crippen molar-refractivity contribution in [2.45, 2.75) is 45.4 Å². The third-order valence-electron chi connectivity index (χ3n) is 4.75. The van der Waals surface area contributed by atoms with Gasteiger partial charge in [0.25, 0.3) is 0 Å². The quantitative estimate of drug-likeness (QED) is 0.884. The minimum atomic E-state index is -0.0803. The van der Waals surface area contributed by atoms with Crippen molar-refractivity contribution in [1.82, 2.24) is 10.3 Å². The first-order chi connectivity index (χ1) is 9.99. The lowest BCUT2D eigenvalue weighted by atomic mass is 9.81. The molecule has 1 aromatic carbocycles. The number of aromatic nitrogens is 1. The van der Waals surface area contributed by atoms with E-state index < -0.39 is 0 Å². The Kier molecular flexibility index (Phi) is 3.52. The molecule has 112 valence electrons. The van der Waals surface area contributed by atoms with Crippen molar-refractivity contribution < 1.29 is 4.79 Å². The van der Waals surface area contributed by atoms with Gasteiger partial charge >= 0.3 is 0 Å². The molecule has 1 heterocycles. The van der Waals surface area contributed by atoms with Gasteiger partial charge in [-0.1, -0.05) is 38.5 Å². The molecule has 0 aliphatic heterocycles. The fourth-order valence-electron chi connectivity index (χ4n) is 3.36. The molecule has 3 rings (SSSR count). The van der Waals surface area contributed by atoms with Crippen LogP contribution in [0.25, 0.3) is 10.9 Å². The van der Waals surface area contributed by atoms with Crippen molar-refractivity contribution in [1.29, 1.82) is 0 Å². The summed E-state index contributed by atoms with van der Waals surface area (Å²) in [4.78, 5) is 15.5. The van der Waals surface area contributed by atoms with Gasteiger partial charge in [0, 0.05) is 34.5 Å². The van der Waals surface area contributed by atoms with E-state index in [-0.39, 0.29) is 17.2 Å². The van der Waals surface area contributed by atoms with E-state index in [4.69, 9.17) is 0 Å². The molecule has 0 atom stereocenters. The summed E-state index contributed by atoms with van der Waals surface area (Å²) >= 11 is 0. The number of nitrogens with one attached hydrogen (secondary N) is 2. The summed E-state index contributed by atoms with van der Waals surface area (Å²) in [6, 6.07) is 8.38. The van der Waals surface area contributed by atoms with Gasteiger partial charge < -0.3 is 10.3 Å². The van der Waals surface area contributed by atoms with Gasteiger partial charge in [0.05, 0.1) is 0 Å². The lowest BCUT2D eigenvalue weighted by Gasteiger charge is -2.29. The number of H-pyrrole nitrogens is 1. The van der Waals surface area contributed by atoms with E-state index in [1.54, 1.807) is 0 Å². The van der Waals surface area contributed by atoms with Crippen molar-refractivity contribution in [3.63, 3.8) is 0 Å². The molecule has 1 saturated carbocycles. The molecular weight excluding hydrogens is 260 g/mol. The third-order valence-corrected chi connectivity index (χ3v) is 4.75. The Hall–Kier alpha value is -1.77. The van der Waals surface area contributed by atoms with Gasteiger partial charge in [0.15, 0.2) is 0 Å². The van der Waals surface area contributed by atoms with Crippen LogP contribution in [-0.2, 0) is 10.2 Å². The Bertz CT molecular complexity index is 665. The highest BCUT2D eigenvalue weighted by atomic mass is 16.1. The minimum absolute atomic E-state index is 0.0803. The van der Waals surface area contributed by atoms with E-state index >= 15 is 0 Å². The molecule has 0 saturated heterocycles. The number of rotatable bonds is 4. The summed E-state index contributed by atoms with van der Waals surface area (Å²) < 4.78 is 0. The zero-order valence-electron chi connectivity index (χ0n) is 13.1. The molecule has 1 amide bonds. The summed E-state index contributed by atoms with van der Waals surface area (Å²) in [5.41, 5.74) is 3.60. The first-order valence-corrected chi connectivity index (χ1v) is 7.84. The minimum Gasteiger partial charge on any atom is -0.358 e. The summed E-state index contributed by atoms with van der Waals surface area (Å²) in [5.74, 6) is 0.483. The Morgan fingerprint density at radius 2 is 2.05 bits per heavy atom. The molecule has 2 N–H and O–H groups in total. The van der Waals surface area contributed by atoms with Crippen molar-refractivity contribution in [2.24, 2.45) is 5.92 Å². The van der Waals surface area contributed by atoms with E-state index in [1.807, 2.05) is 6.07 Å². The van der Waals surface area contributed by atoms with Crippen LogP contribution in [-0.4, -0.2) is 17.4 Å². The second-order valence-electron chi connectivity index (χ2n) is 6.90. The second kappa shape index (κ2) is 5.21. The van der Waals surface area contributed by atoms with Gasteiger partial charge in [-0.15, -0.1) is 0 Å². The number of carbonyl (C=O) groups excluding carboxylic acids is 1. The lowest BCUT2D eigenvalue weighted by molar-refractivity contribution is -0.127. The highest BCUT2D eigenvalue weighted by Gasteiger charge is 2.30. The number of benzene rings is 1. The summed E-state index contributed by atoms with van der Waals surface area (Å²) in [5, 5.41) is 4.41. The molecule has 21 heavy (non-hydrogen) atoms. The van der Waals surface area contributed by atoms with Crippen LogP contribution in [0, 0.1) is 12.8 Å². The zero-order valence-corrected chi connectivity index (χ0v) is 13.1. The van der Waals surface area contributed by atoms with Crippen molar-refractivity contribution in [3.8, 4) is 0 Å². The van der Waals surface area contributed by atoms with Gasteiger partial charge in [0.2, 0.25) is 5.91 Å². The topological polar surface area (TPSA) is 44.9 Å². The van der Waals surface area contributed by atoms with Gasteiger partial charge in [-0.05, 0) is 31.4 Å². The van der Waals surface area contributed by atoms with Gasteiger partial charge in [-0.3, -0.25) is 4.79 Å². The zero-order chi connectivity index (χ0) is 15.0. The normalized spacial score (nSPS) is 16.0. The summed E-state index contributed by atoms with van der Waals surface area (Å²) in [6.45, 7) is 7.21. The average Bonchev–Trinajstić information content (AvgIpc) is 2.71. The van der Waals surface area contributed by atoms with E-state index in [0.29, 0.717) is 6.54 Å². The van der Waals surface area contributed by atoms with Crippen LogP contribution >= 0.6 is 0 Å². The molecule has 0 unspecified atom stereocenters. The third kappa shape index (κ3) is 2.57. The fraction of sp³-hybridized carbons (Fsp3) is 0.500. The number of para-hydroxylation sites is 1. The van der Waals surface area contributed by atoms with E-state index in [0.717, 1.165) is 12.8 Å². The van der Waals surface area contributed by atoms with Gasteiger partial charge in [-0.25, -0.2) is 0 Å². The standard InChI is InChI=1S/C18H24N2O/c1-12-16(14-9-4-5-10-15(14)20-12)18(2,3)11-19-17(21)13-7-6-8-13/h4-5,9-10,13,20H,6-8,11H2,1-3H3,(H,19,21). The maximum Gasteiger partial charge on any atom is 0.223 e. The molecule has 3 heteroatoms. The predicted octanol–water partition coefficient (Wildman–Crippen LogP) is 3.67. The highest BCUT2D eigenvalue weighted by molar-refractivity contribution is 5.86. The number of hydrogen-bond acceptors (Lipinski definition) is 1. The van der Waals surface area contributed by atoms with E-state index in [2.05, 4.69) is 49.3 Å². The molecule has 3 nitrogen and oxygen atoms in total. The van der Waals surface area contributed by atoms with Crippen molar-refractivity contribution >= 4 is 16.8 Å². The maximum atomic E-state index is 12.1. The second-order valence-corrected chi connectivity index (χ2v) is 6.90. The number of hydrogen-bond donors (Lipinski definition) is 2. The molecule has 2 aromatic rings. The van der Waals surface area contributed by atoms with Crippen LogP contribution in [0.5, 0.6) is 0 Å². The molecule has 1 fully saturated rings. The summed E-state index contributed by atoms with van der Waals surface area (Å²) in [7, 11) is 0. The first kappa shape index (κ1) is 14.2. The monoisotopic (exact) mass is 284 g/mol. The molecule has 1 aliphatic rings. The van der Waals surface area contributed by atoms with Crippen LogP contribution in [0.3, 0.4) is 0 Å². The number of aryl methyl sites for hydroxylation is 1. The van der Waals surface area contributed by atoms with Crippen LogP contribution in [0.1, 0.15) is 44.4 Å². The molecule has 1 aromatic heterocycles. The molecule has 0 radical (unpaired) electrons. The number of aromatic amines is 1. The Morgan fingerprint density at radius 3 is 2.71 bits per heavy atom. The Labute approximate surface area is 126 Å². The van der Waals surface area contributed by atoms with Crippen LogP contribution in [0.15, 0.2) is 24.3 Å². The molecule has 1 aliphatic carbocycles. The van der Waals surface area contributed by atoms with Crippen molar-refractivity contribution in [2.75, 3.05) is 6.54 Å². The van der Waals surface area contributed by atoms with Gasteiger partial charge in [-0.2, -0.15) is 0 Å². The smallest absolute Gasteiger partial charge is 0.223 e. The van der Waals surface area contributed by atoms with Gasteiger partial charge in [0.1, 0.15) is 0 Å². The SMILES string of the molecule is Cc1[nH]c2ccccc2c1C(C)(C)CNC(=O)C1CCC1. The largest absolute Gasteiger partial charge is 0.358 e. The highest BCUT2D eigenvalue weighted by Crippen LogP contribution is 2.33. The van der Waals surface area contributed by atoms with E-state index in [9.17, 15) is 4.79 Å². The van der Waals surface area contributed by atoms with Crippen LogP contribution in [0.4, 0.5) is 0 Å².